The van der Waals surface area contributed by atoms with E-state index in [1.54, 1.807) is 18.5 Å². The van der Waals surface area contributed by atoms with Gasteiger partial charge in [-0.25, -0.2) is 9.78 Å². The first-order valence-electron chi connectivity index (χ1n) is 6.84. The largest absolute Gasteiger partial charge is 0.478 e. The molecule has 0 bridgehead atoms. The van der Waals surface area contributed by atoms with Crippen LogP contribution in [-0.4, -0.2) is 33.8 Å². The molecule has 0 unspecified atom stereocenters. The monoisotopic (exact) mass is 274 g/mol. The van der Waals surface area contributed by atoms with Gasteiger partial charge in [0.25, 0.3) is 0 Å². The number of imidazole rings is 1. The fraction of sp³-hybridized carbons (Fsp3) is 0.467. The SMILES string of the molecule is CC1(Cn2cnc3cccc(C(=O)O)c32)CCOCC1. The van der Waals surface area contributed by atoms with E-state index in [-0.39, 0.29) is 5.41 Å². The number of aromatic carboxylic acids is 1. The molecule has 0 aliphatic carbocycles. The highest BCUT2D eigenvalue weighted by Crippen LogP contribution is 2.33. The van der Waals surface area contributed by atoms with Gasteiger partial charge in [0.2, 0.25) is 0 Å². The van der Waals surface area contributed by atoms with Crippen molar-refractivity contribution in [1.29, 1.82) is 0 Å². The summed E-state index contributed by atoms with van der Waals surface area (Å²) >= 11 is 0. The molecule has 0 saturated carbocycles. The maximum atomic E-state index is 11.4. The Labute approximate surface area is 117 Å². The van der Waals surface area contributed by atoms with Crippen molar-refractivity contribution in [3.8, 4) is 0 Å². The van der Waals surface area contributed by atoms with Crippen LogP contribution in [0, 0.1) is 5.41 Å². The number of nitrogens with zero attached hydrogens (tertiary/aromatic N) is 2. The maximum absolute atomic E-state index is 11.4. The molecule has 1 fully saturated rings. The summed E-state index contributed by atoms with van der Waals surface area (Å²) in [6, 6.07) is 5.22. The molecular weight excluding hydrogens is 256 g/mol. The van der Waals surface area contributed by atoms with Crippen molar-refractivity contribution >= 4 is 17.0 Å². The molecule has 3 rings (SSSR count). The Morgan fingerprint density at radius 3 is 2.90 bits per heavy atom. The first-order chi connectivity index (χ1) is 9.59. The smallest absolute Gasteiger partial charge is 0.337 e. The minimum Gasteiger partial charge on any atom is -0.478 e. The van der Waals surface area contributed by atoms with E-state index in [1.165, 1.54) is 0 Å². The first kappa shape index (κ1) is 13.1. The molecule has 2 aromatic rings. The Hall–Kier alpha value is -1.88. The number of carbonyl (C=O) groups is 1. The Morgan fingerprint density at radius 1 is 1.45 bits per heavy atom. The third kappa shape index (κ3) is 2.29. The van der Waals surface area contributed by atoms with Gasteiger partial charge in [-0.1, -0.05) is 13.0 Å². The van der Waals surface area contributed by atoms with Crippen LogP contribution >= 0.6 is 0 Å². The summed E-state index contributed by atoms with van der Waals surface area (Å²) in [5.41, 5.74) is 1.90. The zero-order chi connectivity index (χ0) is 14.2. The van der Waals surface area contributed by atoms with Gasteiger partial charge in [0.05, 0.1) is 22.9 Å². The van der Waals surface area contributed by atoms with Crippen LogP contribution < -0.4 is 0 Å². The minimum atomic E-state index is -0.908. The van der Waals surface area contributed by atoms with E-state index in [1.807, 2.05) is 10.6 Å². The number of carboxylic acids is 1. The molecule has 0 atom stereocenters. The number of rotatable bonds is 3. The van der Waals surface area contributed by atoms with Crippen molar-refractivity contribution in [2.45, 2.75) is 26.3 Å². The van der Waals surface area contributed by atoms with E-state index in [0.717, 1.165) is 38.1 Å². The zero-order valence-corrected chi connectivity index (χ0v) is 11.5. The third-order valence-electron chi connectivity index (χ3n) is 4.12. The van der Waals surface area contributed by atoms with E-state index >= 15 is 0 Å². The average molecular weight is 274 g/mol. The van der Waals surface area contributed by atoms with Crippen LogP contribution in [0.4, 0.5) is 0 Å². The number of carboxylic acid groups (broad SMARTS) is 1. The predicted octanol–water partition coefficient (Wildman–Crippen LogP) is 2.55. The molecule has 5 heteroatoms. The second kappa shape index (κ2) is 4.90. The highest BCUT2D eigenvalue weighted by Gasteiger charge is 2.28. The van der Waals surface area contributed by atoms with Gasteiger partial charge in [-0.3, -0.25) is 0 Å². The van der Waals surface area contributed by atoms with Crippen LogP contribution in [-0.2, 0) is 11.3 Å². The Balaban J connectivity index is 2.01. The van der Waals surface area contributed by atoms with Gasteiger partial charge in [-0.05, 0) is 30.4 Å². The lowest BCUT2D eigenvalue weighted by molar-refractivity contribution is 0.0160. The average Bonchev–Trinajstić information content (AvgIpc) is 2.82. The van der Waals surface area contributed by atoms with E-state index < -0.39 is 5.97 Å². The van der Waals surface area contributed by atoms with Crippen LogP contribution in [0.2, 0.25) is 0 Å². The van der Waals surface area contributed by atoms with Gasteiger partial charge in [0, 0.05) is 19.8 Å². The van der Waals surface area contributed by atoms with Crippen molar-refractivity contribution in [2.24, 2.45) is 5.41 Å². The van der Waals surface area contributed by atoms with Gasteiger partial charge in [-0.15, -0.1) is 0 Å². The van der Waals surface area contributed by atoms with Crippen molar-refractivity contribution in [3.63, 3.8) is 0 Å². The Kier molecular flexibility index (Phi) is 3.22. The van der Waals surface area contributed by atoms with Crippen molar-refractivity contribution in [2.75, 3.05) is 13.2 Å². The standard InChI is InChI=1S/C15H18N2O3/c1-15(5-7-20-8-6-15)9-17-10-16-12-4-2-3-11(13(12)17)14(18)19/h2-4,10H,5-9H2,1H3,(H,18,19). The molecule has 2 heterocycles. The van der Waals surface area contributed by atoms with E-state index in [4.69, 9.17) is 4.74 Å². The molecule has 1 aromatic heterocycles. The van der Waals surface area contributed by atoms with Crippen LogP contribution in [0.3, 0.4) is 0 Å². The van der Waals surface area contributed by atoms with Crippen molar-refractivity contribution < 1.29 is 14.6 Å². The van der Waals surface area contributed by atoms with E-state index in [9.17, 15) is 9.90 Å². The summed E-state index contributed by atoms with van der Waals surface area (Å²) in [6.07, 6.45) is 3.72. The summed E-state index contributed by atoms with van der Waals surface area (Å²) < 4.78 is 7.39. The maximum Gasteiger partial charge on any atom is 0.337 e. The summed E-state index contributed by atoms with van der Waals surface area (Å²) in [4.78, 5) is 15.7. The Bertz CT molecular complexity index is 642. The molecule has 20 heavy (non-hydrogen) atoms. The fourth-order valence-electron chi connectivity index (χ4n) is 2.85. The quantitative estimate of drug-likeness (QED) is 0.934. The highest BCUT2D eigenvalue weighted by atomic mass is 16.5. The second-order valence-electron chi connectivity index (χ2n) is 5.77. The molecule has 1 saturated heterocycles. The zero-order valence-electron chi connectivity index (χ0n) is 11.5. The highest BCUT2D eigenvalue weighted by molar-refractivity contribution is 6.01. The minimum absolute atomic E-state index is 0.136. The van der Waals surface area contributed by atoms with Crippen molar-refractivity contribution in [1.82, 2.24) is 9.55 Å². The molecule has 0 spiro atoms. The number of hydrogen-bond donors (Lipinski definition) is 1. The van der Waals surface area contributed by atoms with Crippen molar-refractivity contribution in [3.05, 3.63) is 30.1 Å². The Morgan fingerprint density at radius 2 is 2.20 bits per heavy atom. The molecule has 0 radical (unpaired) electrons. The van der Waals surface area contributed by atoms with Gasteiger partial charge >= 0.3 is 5.97 Å². The van der Waals surface area contributed by atoms with Gasteiger partial charge in [-0.2, -0.15) is 0 Å². The number of para-hydroxylation sites is 1. The number of aromatic nitrogens is 2. The molecular formula is C15H18N2O3. The number of hydrogen-bond acceptors (Lipinski definition) is 3. The molecule has 106 valence electrons. The number of ether oxygens (including phenoxy) is 1. The summed E-state index contributed by atoms with van der Waals surface area (Å²) in [5, 5.41) is 9.33. The predicted molar refractivity (Wildman–Crippen MR) is 74.9 cm³/mol. The second-order valence-corrected chi connectivity index (χ2v) is 5.77. The van der Waals surface area contributed by atoms with Crippen LogP contribution in [0.5, 0.6) is 0 Å². The summed E-state index contributed by atoms with van der Waals surface area (Å²) in [5.74, 6) is -0.908. The molecule has 1 aliphatic heterocycles. The summed E-state index contributed by atoms with van der Waals surface area (Å²) in [7, 11) is 0. The third-order valence-corrected chi connectivity index (χ3v) is 4.12. The van der Waals surface area contributed by atoms with Crippen LogP contribution in [0.1, 0.15) is 30.1 Å². The molecule has 1 aromatic carbocycles. The topological polar surface area (TPSA) is 64.4 Å². The van der Waals surface area contributed by atoms with Gasteiger partial charge in [0.15, 0.2) is 0 Å². The van der Waals surface area contributed by atoms with Crippen LogP contribution in [0.25, 0.3) is 11.0 Å². The lowest BCUT2D eigenvalue weighted by Gasteiger charge is -2.34. The molecule has 1 N–H and O–H groups in total. The number of benzene rings is 1. The lowest BCUT2D eigenvalue weighted by atomic mass is 9.82. The number of fused-ring (bicyclic) bond motifs is 1. The lowest BCUT2D eigenvalue weighted by Crippen LogP contribution is -2.30. The summed E-state index contributed by atoms with van der Waals surface area (Å²) in [6.45, 7) is 4.55. The first-order valence-corrected chi connectivity index (χ1v) is 6.84. The van der Waals surface area contributed by atoms with Gasteiger partial charge in [0.1, 0.15) is 0 Å². The van der Waals surface area contributed by atoms with Gasteiger partial charge < -0.3 is 14.4 Å². The van der Waals surface area contributed by atoms with E-state index in [2.05, 4.69) is 11.9 Å². The van der Waals surface area contributed by atoms with Crippen LogP contribution in [0.15, 0.2) is 24.5 Å². The molecule has 0 amide bonds. The molecule has 1 aliphatic rings. The normalized spacial score (nSPS) is 18.2. The van der Waals surface area contributed by atoms with E-state index in [0.29, 0.717) is 11.1 Å². The molecule has 5 nitrogen and oxygen atoms in total. The fourth-order valence-corrected chi connectivity index (χ4v) is 2.85.